The Bertz CT molecular complexity index is 887. The molecule has 1 aliphatic rings. The maximum Gasteiger partial charge on any atom is 0.236 e. The number of carbonyl (C=O) groups is 1. The highest BCUT2D eigenvalue weighted by atomic mass is 19.1. The van der Waals surface area contributed by atoms with Gasteiger partial charge in [0.1, 0.15) is 5.82 Å². The van der Waals surface area contributed by atoms with Crippen molar-refractivity contribution in [1.82, 2.24) is 14.8 Å². The number of nitrogens with zero attached hydrogens (tertiary/aromatic N) is 3. The van der Waals surface area contributed by atoms with Crippen LogP contribution in [0.5, 0.6) is 0 Å². The lowest BCUT2D eigenvalue weighted by Gasteiger charge is -2.15. The van der Waals surface area contributed by atoms with Crippen LogP contribution in [0.1, 0.15) is 18.4 Å². The Morgan fingerprint density at radius 2 is 1.92 bits per heavy atom. The van der Waals surface area contributed by atoms with Crippen LogP contribution in [0.4, 0.5) is 10.2 Å². The normalized spacial score (nSPS) is 15.0. The van der Waals surface area contributed by atoms with Gasteiger partial charge in [0.25, 0.3) is 0 Å². The zero-order chi connectivity index (χ0) is 16.6. The number of pyridine rings is 1. The third-order valence-corrected chi connectivity index (χ3v) is 4.29. The van der Waals surface area contributed by atoms with Gasteiger partial charge in [-0.05, 0) is 31.0 Å². The number of hydrogen-bond donors (Lipinski definition) is 1. The van der Waals surface area contributed by atoms with E-state index in [4.69, 9.17) is 0 Å². The predicted molar refractivity (Wildman–Crippen MR) is 87.3 cm³/mol. The van der Waals surface area contributed by atoms with Gasteiger partial charge in [-0.2, -0.15) is 0 Å². The van der Waals surface area contributed by atoms with E-state index in [-0.39, 0.29) is 11.7 Å². The first-order valence-corrected chi connectivity index (χ1v) is 7.73. The van der Waals surface area contributed by atoms with Gasteiger partial charge in [0.2, 0.25) is 5.91 Å². The molecule has 2 aromatic heterocycles. The lowest BCUT2D eigenvalue weighted by molar-refractivity contribution is -0.118. The van der Waals surface area contributed by atoms with Crippen LogP contribution < -0.4 is 5.32 Å². The summed E-state index contributed by atoms with van der Waals surface area (Å²) in [4.78, 5) is 16.9. The maximum atomic E-state index is 14.0. The number of benzene rings is 1. The van der Waals surface area contributed by atoms with E-state index in [0.717, 1.165) is 0 Å². The number of anilines is 1. The molecule has 24 heavy (non-hydrogen) atoms. The summed E-state index contributed by atoms with van der Waals surface area (Å²) in [5.74, 6) is 0.518. The molecule has 0 spiro atoms. The zero-order valence-corrected chi connectivity index (χ0v) is 12.8. The SMILES string of the molecule is O=C(Nc1ccn(-c2ccccn2)n1)C1(c2ccccc2F)CC1. The predicted octanol–water partition coefficient (Wildman–Crippen LogP) is 3.08. The summed E-state index contributed by atoms with van der Waals surface area (Å²) in [6, 6.07) is 13.6. The number of amides is 1. The van der Waals surface area contributed by atoms with Gasteiger partial charge in [-0.1, -0.05) is 24.3 Å². The van der Waals surface area contributed by atoms with Gasteiger partial charge in [0.15, 0.2) is 11.6 Å². The van der Waals surface area contributed by atoms with Crippen molar-refractivity contribution >= 4 is 11.7 Å². The van der Waals surface area contributed by atoms with Crippen LogP contribution in [0.2, 0.25) is 0 Å². The van der Waals surface area contributed by atoms with E-state index in [0.29, 0.717) is 30.0 Å². The molecular weight excluding hydrogens is 307 g/mol. The second kappa shape index (κ2) is 5.56. The molecule has 1 N–H and O–H groups in total. The molecule has 0 bridgehead atoms. The minimum absolute atomic E-state index is 0.223. The van der Waals surface area contributed by atoms with Gasteiger partial charge in [0, 0.05) is 24.0 Å². The number of aromatic nitrogens is 3. The van der Waals surface area contributed by atoms with Gasteiger partial charge in [-0.3, -0.25) is 4.79 Å². The van der Waals surface area contributed by atoms with Crippen LogP contribution in [-0.2, 0) is 10.2 Å². The molecule has 1 saturated carbocycles. The van der Waals surface area contributed by atoms with Crippen molar-refractivity contribution in [3.8, 4) is 5.82 Å². The topological polar surface area (TPSA) is 59.8 Å². The van der Waals surface area contributed by atoms with Crippen molar-refractivity contribution < 1.29 is 9.18 Å². The molecule has 0 saturated heterocycles. The van der Waals surface area contributed by atoms with Gasteiger partial charge in [0.05, 0.1) is 5.41 Å². The second-order valence-electron chi connectivity index (χ2n) is 5.85. The zero-order valence-electron chi connectivity index (χ0n) is 12.8. The molecule has 3 aromatic rings. The Balaban J connectivity index is 1.55. The van der Waals surface area contributed by atoms with Gasteiger partial charge in [-0.25, -0.2) is 14.1 Å². The summed E-state index contributed by atoms with van der Waals surface area (Å²) in [6.45, 7) is 0. The molecule has 6 heteroatoms. The molecule has 0 unspecified atom stereocenters. The molecular formula is C18H15FN4O. The fourth-order valence-corrected chi connectivity index (χ4v) is 2.84. The number of nitrogens with one attached hydrogen (secondary N) is 1. The molecule has 2 heterocycles. The van der Waals surface area contributed by atoms with Crippen LogP contribution >= 0.6 is 0 Å². The van der Waals surface area contributed by atoms with E-state index in [2.05, 4.69) is 15.4 Å². The average molecular weight is 322 g/mol. The molecule has 1 fully saturated rings. The van der Waals surface area contributed by atoms with Gasteiger partial charge < -0.3 is 5.32 Å². The van der Waals surface area contributed by atoms with Crippen LogP contribution in [0.15, 0.2) is 60.9 Å². The average Bonchev–Trinajstić information content (AvgIpc) is 3.29. The summed E-state index contributed by atoms with van der Waals surface area (Å²) in [5.41, 5.74) is -0.327. The third kappa shape index (κ3) is 2.46. The quantitative estimate of drug-likeness (QED) is 0.803. The van der Waals surface area contributed by atoms with E-state index >= 15 is 0 Å². The van der Waals surface area contributed by atoms with E-state index in [1.165, 1.54) is 6.07 Å². The van der Waals surface area contributed by atoms with E-state index in [1.54, 1.807) is 41.3 Å². The lowest BCUT2D eigenvalue weighted by Crippen LogP contribution is -2.29. The van der Waals surface area contributed by atoms with Crippen LogP contribution in [0.3, 0.4) is 0 Å². The smallest absolute Gasteiger partial charge is 0.236 e. The monoisotopic (exact) mass is 322 g/mol. The molecule has 0 atom stereocenters. The minimum Gasteiger partial charge on any atom is -0.308 e. The fourth-order valence-electron chi connectivity index (χ4n) is 2.84. The maximum absolute atomic E-state index is 14.0. The van der Waals surface area contributed by atoms with E-state index < -0.39 is 5.41 Å². The van der Waals surface area contributed by atoms with Crippen LogP contribution in [0, 0.1) is 5.82 Å². The Morgan fingerprint density at radius 1 is 1.12 bits per heavy atom. The first-order valence-electron chi connectivity index (χ1n) is 7.73. The fraction of sp³-hybridized carbons (Fsp3) is 0.167. The first-order chi connectivity index (χ1) is 11.7. The molecule has 0 aliphatic heterocycles. The molecule has 1 amide bonds. The molecule has 120 valence electrons. The van der Waals surface area contributed by atoms with Crippen LogP contribution in [0.25, 0.3) is 5.82 Å². The number of carbonyl (C=O) groups excluding carboxylic acids is 1. The van der Waals surface area contributed by atoms with Crippen molar-refractivity contribution in [3.05, 3.63) is 72.3 Å². The highest BCUT2D eigenvalue weighted by molar-refractivity contribution is 6.00. The van der Waals surface area contributed by atoms with Crippen molar-refractivity contribution in [3.63, 3.8) is 0 Å². The Hall–Kier alpha value is -3.02. The lowest BCUT2D eigenvalue weighted by atomic mass is 9.94. The highest BCUT2D eigenvalue weighted by Gasteiger charge is 2.52. The van der Waals surface area contributed by atoms with Crippen molar-refractivity contribution in [1.29, 1.82) is 0 Å². The second-order valence-corrected chi connectivity index (χ2v) is 5.85. The van der Waals surface area contributed by atoms with Crippen LogP contribution in [-0.4, -0.2) is 20.7 Å². The van der Waals surface area contributed by atoms with Gasteiger partial charge in [-0.15, -0.1) is 5.10 Å². The summed E-state index contributed by atoms with van der Waals surface area (Å²) < 4.78 is 15.6. The van der Waals surface area contributed by atoms with Crippen molar-refractivity contribution in [2.75, 3.05) is 5.32 Å². The number of rotatable bonds is 4. The summed E-state index contributed by atoms with van der Waals surface area (Å²) in [6.07, 6.45) is 4.68. The molecule has 0 radical (unpaired) electrons. The number of halogens is 1. The Kier molecular flexibility index (Phi) is 3.37. The first kappa shape index (κ1) is 14.6. The highest BCUT2D eigenvalue weighted by Crippen LogP contribution is 2.49. The molecule has 4 rings (SSSR count). The third-order valence-electron chi connectivity index (χ3n) is 4.29. The van der Waals surface area contributed by atoms with Crippen molar-refractivity contribution in [2.24, 2.45) is 0 Å². The van der Waals surface area contributed by atoms with E-state index in [1.807, 2.05) is 18.2 Å². The van der Waals surface area contributed by atoms with E-state index in [9.17, 15) is 9.18 Å². The summed E-state index contributed by atoms with van der Waals surface area (Å²) >= 11 is 0. The Labute approximate surface area is 138 Å². The Morgan fingerprint density at radius 3 is 2.62 bits per heavy atom. The molecule has 1 aliphatic carbocycles. The summed E-state index contributed by atoms with van der Waals surface area (Å²) in [5, 5.41) is 7.10. The summed E-state index contributed by atoms with van der Waals surface area (Å²) in [7, 11) is 0. The minimum atomic E-state index is -0.778. The van der Waals surface area contributed by atoms with Gasteiger partial charge >= 0.3 is 0 Å². The number of hydrogen-bond acceptors (Lipinski definition) is 3. The standard InChI is InChI=1S/C18H15FN4O/c19-14-6-2-1-5-13(14)18(9-10-18)17(24)21-15-8-12-23(22-15)16-7-3-4-11-20-16/h1-8,11-12H,9-10H2,(H,21,22,24). The molecule has 5 nitrogen and oxygen atoms in total. The van der Waals surface area contributed by atoms with Crippen molar-refractivity contribution in [2.45, 2.75) is 18.3 Å². The largest absolute Gasteiger partial charge is 0.308 e. The molecule has 1 aromatic carbocycles.